The summed E-state index contributed by atoms with van der Waals surface area (Å²) < 4.78 is 10.8. The lowest BCUT2D eigenvalue weighted by Gasteiger charge is -2.50. The molecule has 0 bridgehead atoms. The van der Waals surface area contributed by atoms with Gasteiger partial charge in [0.2, 0.25) is 11.8 Å². The smallest absolute Gasteiger partial charge is 0.408 e. The first kappa shape index (κ1) is 47.5. The maximum Gasteiger partial charge on any atom is 0.408 e. The lowest BCUT2D eigenvalue weighted by atomic mass is 9.73. The molecule has 0 aromatic heterocycles. The zero-order chi connectivity index (χ0) is 44.5. The first-order valence-electron chi connectivity index (χ1n) is 22.9. The number of carbonyl (C=O) groups excluding carboxylic acids is 3. The van der Waals surface area contributed by atoms with Gasteiger partial charge in [-0.25, -0.2) is 9.59 Å². The lowest BCUT2D eigenvalue weighted by Crippen LogP contribution is -2.57. The van der Waals surface area contributed by atoms with Gasteiger partial charge in [0.15, 0.2) is 0 Å². The molecule has 2 aliphatic heterocycles. The first-order chi connectivity index (χ1) is 30.6. The maximum atomic E-state index is 12.7. The number of aliphatic hydroxyl groups excluding tert-OH is 1. The molecule has 6 N–H and O–H groups in total. The molecule has 2 atom stereocenters. The number of carboxylic acid groups (broad SMARTS) is 1. The summed E-state index contributed by atoms with van der Waals surface area (Å²) >= 11 is 0. The number of hydrogen-bond donors (Lipinski definition) is 6. The fraction of sp³-hybridized carbons (Fsp3) is 0.551. The molecule has 2 heterocycles. The van der Waals surface area contributed by atoms with Crippen LogP contribution in [0, 0.1) is 0 Å². The Morgan fingerprint density at radius 1 is 0.698 bits per heavy atom. The number of hydrogen-bond acceptors (Lipinski definition) is 9. The van der Waals surface area contributed by atoms with Crippen molar-refractivity contribution < 1.29 is 38.9 Å². The predicted octanol–water partition coefficient (Wildman–Crippen LogP) is 5.73. The summed E-state index contributed by atoms with van der Waals surface area (Å²) in [6.45, 7) is 6.97. The Labute approximate surface area is 372 Å². The maximum absolute atomic E-state index is 12.7. The van der Waals surface area contributed by atoms with E-state index in [9.17, 15) is 24.3 Å². The van der Waals surface area contributed by atoms with Gasteiger partial charge in [0.25, 0.3) is 0 Å². The van der Waals surface area contributed by atoms with Crippen LogP contribution in [0.15, 0.2) is 91.0 Å². The molecule has 14 heteroatoms. The molecule has 2 saturated carbocycles. The van der Waals surface area contributed by atoms with Crippen molar-refractivity contribution in [3.05, 3.63) is 108 Å². The van der Waals surface area contributed by atoms with E-state index in [0.717, 1.165) is 103 Å². The van der Waals surface area contributed by atoms with Crippen molar-refractivity contribution in [1.82, 2.24) is 31.1 Å². The van der Waals surface area contributed by atoms with E-state index in [0.29, 0.717) is 0 Å². The Hall–Kier alpha value is -5.02. The van der Waals surface area contributed by atoms with Crippen LogP contribution < -0.4 is 21.3 Å². The summed E-state index contributed by atoms with van der Waals surface area (Å²) in [5.74, 6) is -0.631. The molecule has 2 unspecified atom stereocenters. The molecule has 4 fully saturated rings. The van der Waals surface area contributed by atoms with Crippen molar-refractivity contribution >= 4 is 24.0 Å². The second-order valence-corrected chi connectivity index (χ2v) is 17.6. The van der Waals surface area contributed by atoms with Crippen molar-refractivity contribution in [2.24, 2.45) is 0 Å². The van der Waals surface area contributed by atoms with Crippen LogP contribution >= 0.6 is 0 Å². The first-order valence-corrected chi connectivity index (χ1v) is 22.9. The van der Waals surface area contributed by atoms with Gasteiger partial charge >= 0.3 is 12.2 Å². The lowest BCUT2D eigenvalue weighted by molar-refractivity contribution is -0.125. The molecule has 2 saturated heterocycles. The van der Waals surface area contributed by atoms with Gasteiger partial charge in [-0.05, 0) is 107 Å². The molecule has 4 aliphatic rings. The summed E-state index contributed by atoms with van der Waals surface area (Å²) in [6, 6.07) is 29.1. The van der Waals surface area contributed by atoms with E-state index in [1.807, 2.05) is 36.4 Å². The van der Waals surface area contributed by atoms with Gasteiger partial charge in [-0.3, -0.25) is 19.4 Å². The Morgan fingerprint density at radius 2 is 1.24 bits per heavy atom. The molecule has 342 valence electrons. The average Bonchev–Trinajstić information content (AvgIpc) is 3.32. The second kappa shape index (κ2) is 23.6. The molecule has 14 nitrogen and oxygen atoms in total. The normalized spacial score (nSPS) is 25.2. The van der Waals surface area contributed by atoms with E-state index in [1.165, 1.54) is 30.4 Å². The minimum atomic E-state index is -1.31. The molecular formula is C49H68N6O8. The van der Waals surface area contributed by atoms with Crippen molar-refractivity contribution in [2.45, 2.75) is 126 Å². The molecule has 3 aromatic carbocycles. The number of aliphatic hydroxyl groups is 1. The van der Waals surface area contributed by atoms with Crippen molar-refractivity contribution in [3.63, 3.8) is 0 Å². The van der Waals surface area contributed by atoms with Crippen LogP contribution in [0.1, 0.15) is 94.2 Å². The van der Waals surface area contributed by atoms with E-state index >= 15 is 0 Å². The van der Waals surface area contributed by atoms with Crippen LogP contribution in [0.5, 0.6) is 0 Å². The Kier molecular flexibility index (Phi) is 17.8. The molecule has 4 amide bonds. The highest BCUT2D eigenvalue weighted by molar-refractivity contribution is 5.86. The number of nitrogens with one attached hydrogen (secondary N) is 4. The molecule has 7 rings (SSSR count). The van der Waals surface area contributed by atoms with Crippen LogP contribution in [0.2, 0.25) is 0 Å². The Balaban J connectivity index is 0.000000213. The molecule has 3 aromatic rings. The molecule has 2 aliphatic carbocycles. The van der Waals surface area contributed by atoms with Crippen LogP contribution in [0.25, 0.3) is 0 Å². The van der Waals surface area contributed by atoms with Crippen LogP contribution in [0.4, 0.5) is 9.59 Å². The topological polar surface area (TPSA) is 182 Å². The summed E-state index contributed by atoms with van der Waals surface area (Å²) in [5, 5.41) is 28.9. The Morgan fingerprint density at radius 3 is 1.81 bits per heavy atom. The number of nitrogens with zero attached hydrogens (tertiary/aromatic N) is 2. The van der Waals surface area contributed by atoms with Crippen molar-refractivity contribution in [2.75, 3.05) is 46.0 Å². The number of alkyl carbamates (subject to hydrolysis) is 1. The number of morpholine rings is 1. The van der Waals surface area contributed by atoms with Crippen molar-refractivity contribution in [1.29, 1.82) is 0 Å². The van der Waals surface area contributed by atoms with Crippen molar-refractivity contribution in [3.8, 4) is 0 Å². The van der Waals surface area contributed by atoms with Gasteiger partial charge in [0.05, 0.1) is 19.8 Å². The molecular weight excluding hydrogens is 801 g/mol. The van der Waals surface area contributed by atoms with Gasteiger partial charge in [-0.2, -0.15) is 0 Å². The zero-order valence-corrected chi connectivity index (χ0v) is 36.9. The molecule has 0 radical (unpaired) electrons. The van der Waals surface area contributed by atoms with E-state index in [2.05, 4.69) is 85.7 Å². The monoisotopic (exact) mass is 869 g/mol. The minimum Gasteiger partial charge on any atom is -0.465 e. The minimum absolute atomic E-state index is 0.0147. The quantitative estimate of drug-likeness (QED) is 0.117. The zero-order valence-electron chi connectivity index (χ0n) is 36.9. The van der Waals surface area contributed by atoms with E-state index < -0.39 is 36.8 Å². The van der Waals surface area contributed by atoms with Gasteiger partial charge in [0, 0.05) is 36.3 Å². The summed E-state index contributed by atoms with van der Waals surface area (Å²) in [5.41, 5.74) is 3.71. The van der Waals surface area contributed by atoms with Crippen LogP contribution in [-0.2, 0) is 37.6 Å². The summed E-state index contributed by atoms with van der Waals surface area (Å²) in [6.07, 6.45) is 10.4. The fourth-order valence-electron chi connectivity index (χ4n) is 9.99. The highest BCUT2D eigenvalue weighted by atomic mass is 16.5. The van der Waals surface area contributed by atoms with Gasteiger partial charge in [0.1, 0.15) is 18.7 Å². The SMILES string of the molecule is CC(NC(=O)OCc1ccccc1)C(=O)NC1CCC(c2ccccc2)(N2CCOCC2)CC1.O=C(O)NC(CO)C(=O)NC1CCC(Cc2ccccc2)(N2CCCCC2)CC1. The largest absolute Gasteiger partial charge is 0.465 e. The highest BCUT2D eigenvalue weighted by Crippen LogP contribution is 2.43. The van der Waals surface area contributed by atoms with Gasteiger partial charge in [-0.1, -0.05) is 97.4 Å². The fourth-order valence-corrected chi connectivity index (χ4v) is 9.99. The Bertz CT molecular complexity index is 1860. The third-order valence-electron chi connectivity index (χ3n) is 13.5. The summed E-state index contributed by atoms with van der Waals surface area (Å²) in [7, 11) is 0. The van der Waals surface area contributed by atoms with Gasteiger partial charge in [-0.15, -0.1) is 0 Å². The molecule has 63 heavy (non-hydrogen) atoms. The molecule has 0 spiro atoms. The number of benzene rings is 3. The number of likely N-dealkylation sites (tertiary alicyclic amines) is 1. The number of rotatable bonds is 14. The number of carbonyl (C=O) groups is 4. The van der Waals surface area contributed by atoms with Crippen LogP contribution in [-0.4, -0.2) is 120 Å². The predicted molar refractivity (Wildman–Crippen MR) is 241 cm³/mol. The average molecular weight is 869 g/mol. The standard InChI is InChI=1S/C27H35N3O4.C22H33N3O4/c1-21(28-26(32)34-20-22-8-4-2-5-9-22)25(31)29-24-12-14-27(15-13-24,23-10-6-3-7-11-23)30-16-18-33-19-17-30;26-16-19(24-21(28)29)20(27)23-18-9-11-22(12-10-18,25-13-5-2-6-14-25)15-17-7-3-1-4-8-17/h2-11,21,24H,12-20H2,1H3,(H,28,32)(H,29,31);1,3-4,7-8,18-19,24,26H,2,5-6,9-16H2,(H,23,27)(H,28,29). The van der Waals surface area contributed by atoms with Gasteiger partial charge < -0.3 is 41.0 Å². The second-order valence-electron chi connectivity index (χ2n) is 17.6. The van der Waals surface area contributed by atoms with E-state index in [-0.39, 0.29) is 35.7 Å². The highest BCUT2D eigenvalue weighted by Gasteiger charge is 2.43. The van der Waals surface area contributed by atoms with E-state index in [1.54, 1.807) is 6.92 Å². The number of amides is 4. The number of piperidine rings is 1. The summed E-state index contributed by atoms with van der Waals surface area (Å²) in [4.78, 5) is 53.2. The van der Waals surface area contributed by atoms with Crippen LogP contribution in [0.3, 0.4) is 0 Å². The number of ether oxygens (including phenoxy) is 2. The third-order valence-corrected chi connectivity index (χ3v) is 13.5. The third kappa shape index (κ3) is 13.5. The van der Waals surface area contributed by atoms with E-state index in [4.69, 9.17) is 14.6 Å².